The van der Waals surface area contributed by atoms with E-state index in [-0.39, 0.29) is 0 Å². The molecule has 6 heteroatoms. The van der Waals surface area contributed by atoms with Gasteiger partial charge in [-0.05, 0) is 31.2 Å². The van der Waals surface area contributed by atoms with Gasteiger partial charge in [-0.3, -0.25) is 0 Å². The maximum absolute atomic E-state index is 4.40. The molecule has 0 unspecified atom stereocenters. The molecule has 4 nitrogen and oxygen atoms in total. The second-order valence-electron chi connectivity index (χ2n) is 4.07. The normalized spacial score (nSPS) is 11.3. The number of aromatic nitrogens is 4. The molecule has 3 aromatic rings. The van der Waals surface area contributed by atoms with E-state index >= 15 is 0 Å². The van der Waals surface area contributed by atoms with Gasteiger partial charge < -0.3 is 4.57 Å². The Morgan fingerprint density at radius 3 is 2.78 bits per heavy atom. The molecule has 0 atom stereocenters. The third-order valence-corrected chi connectivity index (χ3v) is 5.09. The van der Waals surface area contributed by atoms with Crippen molar-refractivity contribution in [1.82, 2.24) is 19.5 Å². The fourth-order valence-electron chi connectivity index (χ4n) is 1.76. The summed E-state index contributed by atoms with van der Waals surface area (Å²) in [5.74, 6) is 0. The van der Waals surface area contributed by atoms with Crippen molar-refractivity contribution in [2.45, 2.75) is 24.0 Å². The molecule has 0 N–H and O–H groups in total. The molecule has 0 spiro atoms. The molecule has 0 saturated heterocycles. The van der Waals surface area contributed by atoms with Crippen LogP contribution in [0.1, 0.15) is 10.4 Å². The first-order valence-corrected chi connectivity index (χ1v) is 7.16. The molecular weight excluding hydrogens is 264 g/mol. The van der Waals surface area contributed by atoms with Crippen LogP contribution in [0, 0.1) is 13.8 Å². The van der Waals surface area contributed by atoms with Gasteiger partial charge in [0.05, 0.1) is 0 Å². The Hall–Kier alpha value is -1.40. The van der Waals surface area contributed by atoms with Crippen LogP contribution in [0.3, 0.4) is 0 Å². The number of rotatable bonds is 2. The lowest BCUT2D eigenvalue weighted by molar-refractivity contribution is 0.789. The summed E-state index contributed by atoms with van der Waals surface area (Å²) in [6, 6.07) is 0. The van der Waals surface area contributed by atoms with Gasteiger partial charge in [0.15, 0.2) is 5.16 Å². The maximum Gasteiger partial charge on any atom is 0.174 e. The quantitative estimate of drug-likeness (QED) is 0.674. The Morgan fingerprint density at radius 2 is 2.06 bits per heavy atom. The summed E-state index contributed by atoms with van der Waals surface area (Å²) in [7, 11) is 1.99. The van der Waals surface area contributed by atoms with Crippen LogP contribution in [-0.2, 0) is 7.05 Å². The smallest absolute Gasteiger partial charge is 0.174 e. The van der Waals surface area contributed by atoms with Crippen LogP contribution in [0.5, 0.6) is 0 Å². The predicted octanol–water partition coefficient (Wildman–Crippen LogP) is 3.19. The molecule has 0 bridgehead atoms. The monoisotopic (exact) mass is 276 g/mol. The average molecular weight is 276 g/mol. The zero-order valence-corrected chi connectivity index (χ0v) is 12.0. The van der Waals surface area contributed by atoms with Gasteiger partial charge in [-0.1, -0.05) is 0 Å². The molecular formula is C12H12N4S2. The van der Waals surface area contributed by atoms with E-state index in [0.29, 0.717) is 0 Å². The average Bonchev–Trinajstić information content (AvgIpc) is 2.86. The highest BCUT2D eigenvalue weighted by molar-refractivity contribution is 7.99. The Bertz CT molecular complexity index is 714. The fourth-order valence-corrected chi connectivity index (χ4v) is 3.77. The third-order valence-electron chi connectivity index (χ3n) is 2.90. The van der Waals surface area contributed by atoms with Crippen LogP contribution in [0.25, 0.3) is 10.2 Å². The Balaban J connectivity index is 2.15. The lowest BCUT2D eigenvalue weighted by Crippen LogP contribution is -1.91. The lowest BCUT2D eigenvalue weighted by atomic mass is 10.2. The first kappa shape index (κ1) is 11.7. The van der Waals surface area contributed by atoms with Gasteiger partial charge in [0.2, 0.25) is 0 Å². The molecule has 0 aliphatic carbocycles. The van der Waals surface area contributed by atoms with Crippen molar-refractivity contribution < 1.29 is 0 Å². The molecule has 3 heterocycles. The molecule has 0 aliphatic rings. The number of hydrogen-bond acceptors (Lipinski definition) is 5. The van der Waals surface area contributed by atoms with Crippen molar-refractivity contribution in [3.8, 4) is 0 Å². The van der Waals surface area contributed by atoms with Crippen molar-refractivity contribution in [1.29, 1.82) is 0 Å². The summed E-state index contributed by atoms with van der Waals surface area (Å²) in [5.41, 5.74) is 1.27. The van der Waals surface area contributed by atoms with Gasteiger partial charge in [0, 0.05) is 29.7 Å². The summed E-state index contributed by atoms with van der Waals surface area (Å²) in [6.07, 6.45) is 5.36. The molecule has 0 saturated carbocycles. The van der Waals surface area contributed by atoms with Crippen molar-refractivity contribution in [2.75, 3.05) is 0 Å². The second kappa shape index (κ2) is 4.37. The predicted molar refractivity (Wildman–Crippen MR) is 74.2 cm³/mol. The molecule has 0 aromatic carbocycles. The molecule has 3 aromatic heterocycles. The van der Waals surface area contributed by atoms with Gasteiger partial charge >= 0.3 is 0 Å². The van der Waals surface area contributed by atoms with Crippen LogP contribution in [-0.4, -0.2) is 19.5 Å². The summed E-state index contributed by atoms with van der Waals surface area (Å²) in [4.78, 5) is 15.4. The maximum atomic E-state index is 4.40. The van der Waals surface area contributed by atoms with Crippen LogP contribution >= 0.6 is 23.1 Å². The van der Waals surface area contributed by atoms with Crippen molar-refractivity contribution in [3.05, 3.63) is 29.2 Å². The number of fused-ring (bicyclic) bond motifs is 1. The van der Waals surface area contributed by atoms with Gasteiger partial charge in [-0.15, -0.1) is 11.3 Å². The van der Waals surface area contributed by atoms with Crippen molar-refractivity contribution >= 4 is 33.3 Å². The largest absolute Gasteiger partial charge is 0.329 e. The van der Waals surface area contributed by atoms with Crippen LogP contribution < -0.4 is 0 Å². The topological polar surface area (TPSA) is 43.6 Å². The molecule has 0 amide bonds. The van der Waals surface area contributed by atoms with Gasteiger partial charge in [0.1, 0.15) is 16.2 Å². The van der Waals surface area contributed by atoms with Gasteiger partial charge in [0.25, 0.3) is 0 Å². The van der Waals surface area contributed by atoms with E-state index in [0.717, 1.165) is 20.4 Å². The highest BCUT2D eigenvalue weighted by Crippen LogP contribution is 2.36. The van der Waals surface area contributed by atoms with E-state index in [1.807, 2.05) is 17.8 Å². The number of nitrogens with zero attached hydrogens (tertiary/aromatic N) is 4. The SMILES string of the molecule is Cc1sc2ncnc(Sc3nccn3C)c2c1C. The number of thiophene rings is 1. The number of aryl methyl sites for hydroxylation is 3. The minimum absolute atomic E-state index is 0.943. The molecule has 18 heavy (non-hydrogen) atoms. The Kier molecular flexibility index (Phi) is 2.83. The fraction of sp³-hybridized carbons (Fsp3) is 0.250. The van der Waals surface area contributed by atoms with E-state index in [9.17, 15) is 0 Å². The van der Waals surface area contributed by atoms with E-state index in [1.54, 1.807) is 35.6 Å². The minimum atomic E-state index is 0.943. The summed E-state index contributed by atoms with van der Waals surface area (Å²) >= 11 is 3.30. The zero-order chi connectivity index (χ0) is 12.7. The highest BCUT2D eigenvalue weighted by Gasteiger charge is 2.14. The highest BCUT2D eigenvalue weighted by atomic mass is 32.2. The minimum Gasteiger partial charge on any atom is -0.329 e. The molecule has 0 aliphatic heterocycles. The van der Waals surface area contributed by atoms with Crippen LogP contribution in [0.15, 0.2) is 28.9 Å². The van der Waals surface area contributed by atoms with E-state index in [2.05, 4.69) is 28.8 Å². The van der Waals surface area contributed by atoms with Crippen molar-refractivity contribution in [3.63, 3.8) is 0 Å². The molecule has 0 radical (unpaired) electrons. The van der Waals surface area contributed by atoms with Gasteiger partial charge in [-0.2, -0.15) is 0 Å². The number of hydrogen-bond donors (Lipinski definition) is 0. The van der Waals surface area contributed by atoms with Crippen LogP contribution in [0.4, 0.5) is 0 Å². The Morgan fingerprint density at radius 1 is 1.22 bits per heavy atom. The third kappa shape index (κ3) is 1.81. The van der Waals surface area contributed by atoms with Crippen molar-refractivity contribution in [2.24, 2.45) is 7.05 Å². The summed E-state index contributed by atoms with van der Waals surface area (Å²) in [6.45, 7) is 4.25. The van der Waals surface area contributed by atoms with Crippen LogP contribution in [0.2, 0.25) is 0 Å². The summed E-state index contributed by atoms with van der Waals surface area (Å²) < 4.78 is 1.99. The lowest BCUT2D eigenvalue weighted by Gasteiger charge is -2.02. The van der Waals surface area contributed by atoms with E-state index in [4.69, 9.17) is 0 Å². The molecule has 92 valence electrons. The van der Waals surface area contributed by atoms with Gasteiger partial charge in [-0.25, -0.2) is 15.0 Å². The molecule has 0 fully saturated rings. The number of imidazole rings is 1. The summed E-state index contributed by atoms with van der Waals surface area (Å²) in [5, 5.41) is 3.09. The first-order chi connectivity index (χ1) is 8.66. The second-order valence-corrected chi connectivity index (χ2v) is 6.22. The first-order valence-electron chi connectivity index (χ1n) is 5.52. The van der Waals surface area contributed by atoms with E-state index in [1.165, 1.54) is 10.4 Å². The molecule has 3 rings (SSSR count). The van der Waals surface area contributed by atoms with E-state index < -0.39 is 0 Å². The zero-order valence-electron chi connectivity index (χ0n) is 10.3. The standard InChI is InChI=1S/C12H12N4S2/c1-7-8(2)17-10-9(7)11(15-6-14-10)18-12-13-4-5-16(12)3/h4-6H,1-3H3. The Labute approximate surface area is 113 Å².